The van der Waals surface area contributed by atoms with Crippen LogP contribution in [0.15, 0.2) is 12.4 Å². The Balaban J connectivity index is 2.47. The predicted octanol–water partition coefficient (Wildman–Crippen LogP) is 2.32. The van der Waals surface area contributed by atoms with E-state index >= 15 is 0 Å². The number of rotatable bonds is 9. The van der Waals surface area contributed by atoms with Crippen molar-refractivity contribution in [1.82, 2.24) is 14.7 Å². The normalized spacial score (nSPS) is 13.2. The molecule has 0 aliphatic heterocycles. The van der Waals surface area contributed by atoms with Crippen molar-refractivity contribution in [2.45, 2.75) is 45.6 Å². The van der Waals surface area contributed by atoms with Crippen LogP contribution in [-0.4, -0.2) is 34.3 Å². The molecule has 0 aliphatic rings. The highest BCUT2D eigenvalue weighted by Gasteiger charge is 2.13. The molecule has 0 saturated heterocycles. The molecule has 0 bridgehead atoms. The van der Waals surface area contributed by atoms with Crippen LogP contribution in [0.3, 0.4) is 0 Å². The molecule has 1 heterocycles. The summed E-state index contributed by atoms with van der Waals surface area (Å²) in [6, 6.07) is 0.0763. The van der Waals surface area contributed by atoms with Gasteiger partial charge in [-0.05, 0) is 25.9 Å². The van der Waals surface area contributed by atoms with Crippen LogP contribution in [0.25, 0.3) is 0 Å². The fourth-order valence-electron chi connectivity index (χ4n) is 2.07. The number of hydrogen-bond donors (Lipinski definition) is 1. The Morgan fingerprint density at radius 3 is 2.33 bits per heavy atom. The van der Waals surface area contributed by atoms with Gasteiger partial charge in [0.25, 0.3) is 0 Å². The molecule has 0 aliphatic carbocycles. The average molecular weight is 252 g/mol. The van der Waals surface area contributed by atoms with Gasteiger partial charge in [-0.3, -0.25) is 4.68 Å². The van der Waals surface area contributed by atoms with Gasteiger partial charge in [0, 0.05) is 31.4 Å². The van der Waals surface area contributed by atoms with Crippen LogP contribution in [0.1, 0.15) is 51.1 Å². The van der Waals surface area contributed by atoms with Crippen molar-refractivity contribution in [2.75, 3.05) is 19.6 Å². The van der Waals surface area contributed by atoms with Crippen molar-refractivity contribution >= 4 is 0 Å². The Kier molecular flexibility index (Phi) is 6.98. The van der Waals surface area contributed by atoms with Crippen LogP contribution in [0.4, 0.5) is 0 Å². The summed E-state index contributed by atoms with van der Waals surface area (Å²) in [5, 5.41) is 4.19. The Hall–Kier alpha value is -0.870. The zero-order chi connectivity index (χ0) is 13.4. The molecule has 1 aromatic heterocycles. The van der Waals surface area contributed by atoms with E-state index in [0.29, 0.717) is 0 Å². The Bertz CT molecular complexity index is 313. The number of unbranched alkanes of at least 4 members (excludes halogenated alkanes) is 2. The molecule has 2 N–H and O–H groups in total. The minimum atomic E-state index is 0.0763. The summed E-state index contributed by atoms with van der Waals surface area (Å²) in [6.07, 6.45) is 8.88. The molecule has 0 fully saturated rings. The first kappa shape index (κ1) is 15.2. The van der Waals surface area contributed by atoms with Gasteiger partial charge in [-0.2, -0.15) is 5.10 Å². The molecule has 0 amide bonds. The standard InChI is InChI=1S/C14H28N4/c1-4-6-8-18(9-7-5-2)12-14(15)13-10-16-17(3)11-13/h10-11,14H,4-9,12,15H2,1-3H3. The first-order valence-corrected chi connectivity index (χ1v) is 7.13. The van der Waals surface area contributed by atoms with Gasteiger partial charge in [0.05, 0.1) is 6.20 Å². The summed E-state index contributed by atoms with van der Waals surface area (Å²) in [4.78, 5) is 2.49. The quantitative estimate of drug-likeness (QED) is 0.733. The molecule has 0 aromatic carbocycles. The Labute approximate surface area is 111 Å². The average Bonchev–Trinajstić information content (AvgIpc) is 2.79. The van der Waals surface area contributed by atoms with E-state index < -0.39 is 0 Å². The molecule has 0 saturated carbocycles. The molecule has 4 nitrogen and oxygen atoms in total. The fraction of sp³-hybridized carbons (Fsp3) is 0.786. The highest BCUT2D eigenvalue weighted by atomic mass is 15.2. The molecular weight excluding hydrogens is 224 g/mol. The molecule has 104 valence electrons. The lowest BCUT2D eigenvalue weighted by Crippen LogP contribution is -2.33. The summed E-state index contributed by atoms with van der Waals surface area (Å²) >= 11 is 0. The number of aryl methyl sites for hydroxylation is 1. The van der Waals surface area contributed by atoms with E-state index in [1.54, 1.807) is 0 Å². The van der Waals surface area contributed by atoms with Crippen molar-refractivity contribution in [3.8, 4) is 0 Å². The third kappa shape index (κ3) is 5.19. The molecule has 1 aromatic rings. The smallest absolute Gasteiger partial charge is 0.0537 e. The number of hydrogen-bond acceptors (Lipinski definition) is 3. The van der Waals surface area contributed by atoms with Gasteiger partial charge in [0.2, 0.25) is 0 Å². The zero-order valence-corrected chi connectivity index (χ0v) is 12.1. The van der Waals surface area contributed by atoms with E-state index in [2.05, 4.69) is 23.8 Å². The third-order valence-electron chi connectivity index (χ3n) is 3.26. The predicted molar refractivity (Wildman–Crippen MR) is 76.4 cm³/mol. The second-order valence-electron chi connectivity index (χ2n) is 5.06. The molecule has 0 spiro atoms. The lowest BCUT2D eigenvalue weighted by atomic mass is 10.1. The van der Waals surface area contributed by atoms with Crippen LogP contribution in [0.2, 0.25) is 0 Å². The molecule has 4 heteroatoms. The van der Waals surface area contributed by atoms with Crippen LogP contribution >= 0.6 is 0 Å². The van der Waals surface area contributed by atoms with E-state index in [9.17, 15) is 0 Å². The summed E-state index contributed by atoms with van der Waals surface area (Å²) in [7, 11) is 1.93. The van der Waals surface area contributed by atoms with Crippen LogP contribution in [0.5, 0.6) is 0 Å². The maximum Gasteiger partial charge on any atom is 0.0537 e. The lowest BCUT2D eigenvalue weighted by molar-refractivity contribution is 0.250. The van der Waals surface area contributed by atoms with Crippen molar-refractivity contribution in [3.05, 3.63) is 18.0 Å². The SMILES string of the molecule is CCCCN(CCCC)CC(N)c1cnn(C)c1. The van der Waals surface area contributed by atoms with E-state index in [1.165, 1.54) is 25.7 Å². The molecule has 0 radical (unpaired) electrons. The van der Waals surface area contributed by atoms with Crippen molar-refractivity contribution in [3.63, 3.8) is 0 Å². The highest BCUT2D eigenvalue weighted by molar-refractivity contribution is 5.09. The maximum atomic E-state index is 6.26. The minimum Gasteiger partial charge on any atom is -0.323 e. The Morgan fingerprint density at radius 1 is 1.28 bits per heavy atom. The van der Waals surface area contributed by atoms with E-state index in [1.807, 2.05) is 24.1 Å². The number of nitrogens with zero attached hydrogens (tertiary/aromatic N) is 3. The van der Waals surface area contributed by atoms with E-state index in [-0.39, 0.29) is 6.04 Å². The first-order valence-electron chi connectivity index (χ1n) is 7.13. The zero-order valence-electron chi connectivity index (χ0n) is 12.1. The van der Waals surface area contributed by atoms with Crippen molar-refractivity contribution in [1.29, 1.82) is 0 Å². The van der Waals surface area contributed by atoms with Gasteiger partial charge in [0.1, 0.15) is 0 Å². The monoisotopic (exact) mass is 252 g/mol. The first-order chi connectivity index (χ1) is 8.67. The van der Waals surface area contributed by atoms with Gasteiger partial charge >= 0.3 is 0 Å². The van der Waals surface area contributed by atoms with Gasteiger partial charge < -0.3 is 10.6 Å². The number of nitrogens with two attached hydrogens (primary N) is 1. The van der Waals surface area contributed by atoms with Crippen molar-refractivity contribution < 1.29 is 0 Å². The lowest BCUT2D eigenvalue weighted by Gasteiger charge is -2.25. The van der Waals surface area contributed by atoms with E-state index in [0.717, 1.165) is 25.2 Å². The molecule has 1 unspecified atom stereocenters. The van der Waals surface area contributed by atoms with Gasteiger partial charge in [-0.1, -0.05) is 26.7 Å². The number of aromatic nitrogens is 2. The molecule has 1 rings (SSSR count). The summed E-state index contributed by atoms with van der Waals surface area (Å²) < 4.78 is 1.82. The van der Waals surface area contributed by atoms with Crippen LogP contribution in [-0.2, 0) is 7.05 Å². The Morgan fingerprint density at radius 2 is 1.89 bits per heavy atom. The van der Waals surface area contributed by atoms with Gasteiger partial charge in [0.15, 0.2) is 0 Å². The van der Waals surface area contributed by atoms with Crippen LogP contribution in [0, 0.1) is 0 Å². The fourth-order valence-corrected chi connectivity index (χ4v) is 2.07. The molecule has 1 atom stereocenters. The molecule has 18 heavy (non-hydrogen) atoms. The summed E-state index contributed by atoms with van der Waals surface area (Å²) in [5.74, 6) is 0. The largest absolute Gasteiger partial charge is 0.323 e. The summed E-state index contributed by atoms with van der Waals surface area (Å²) in [6.45, 7) is 7.72. The topological polar surface area (TPSA) is 47.1 Å². The highest BCUT2D eigenvalue weighted by Crippen LogP contribution is 2.11. The van der Waals surface area contributed by atoms with Gasteiger partial charge in [-0.15, -0.1) is 0 Å². The minimum absolute atomic E-state index is 0.0763. The second-order valence-corrected chi connectivity index (χ2v) is 5.06. The van der Waals surface area contributed by atoms with Crippen LogP contribution < -0.4 is 5.73 Å². The summed E-state index contributed by atoms with van der Waals surface area (Å²) in [5.41, 5.74) is 7.39. The second kappa shape index (κ2) is 8.27. The molecular formula is C14H28N4. The third-order valence-corrected chi connectivity index (χ3v) is 3.26. The van der Waals surface area contributed by atoms with E-state index in [4.69, 9.17) is 5.73 Å². The van der Waals surface area contributed by atoms with Gasteiger partial charge in [-0.25, -0.2) is 0 Å². The maximum absolute atomic E-state index is 6.26. The van der Waals surface area contributed by atoms with Crippen molar-refractivity contribution in [2.24, 2.45) is 12.8 Å².